The van der Waals surface area contributed by atoms with E-state index in [-0.39, 0.29) is 6.04 Å². The van der Waals surface area contributed by atoms with Gasteiger partial charge in [-0.25, -0.2) is 0 Å². The van der Waals surface area contributed by atoms with Gasteiger partial charge in [-0.3, -0.25) is 9.47 Å². The number of thioether (sulfide) groups is 1. The summed E-state index contributed by atoms with van der Waals surface area (Å²) in [4.78, 5) is 2.12. The number of halogens is 2. The van der Waals surface area contributed by atoms with E-state index >= 15 is 0 Å². The zero-order valence-electron chi connectivity index (χ0n) is 14.9. The van der Waals surface area contributed by atoms with E-state index in [1.165, 1.54) is 5.56 Å². The maximum absolute atomic E-state index is 6.06. The lowest BCUT2D eigenvalue weighted by Crippen LogP contribution is -2.20. The summed E-state index contributed by atoms with van der Waals surface area (Å²) >= 11 is 11.3. The standard InChI is InChI=1S/C19H20BrClN4S/c1-13(24(2)3)18-22-23-19(25(18)17-9-7-16(21)8-10-17)26-12-14-5-4-6-15(20)11-14/h4-11,13H,12H2,1-3H3. The number of aromatic nitrogens is 3. The molecule has 1 unspecified atom stereocenters. The van der Waals surface area contributed by atoms with Gasteiger partial charge in [-0.1, -0.05) is 51.4 Å². The van der Waals surface area contributed by atoms with Crippen molar-refractivity contribution in [2.75, 3.05) is 14.1 Å². The van der Waals surface area contributed by atoms with Gasteiger partial charge in [0.15, 0.2) is 11.0 Å². The topological polar surface area (TPSA) is 34.0 Å². The fourth-order valence-corrected chi connectivity index (χ4v) is 3.96. The molecule has 0 N–H and O–H groups in total. The largest absolute Gasteiger partial charge is 0.300 e. The van der Waals surface area contributed by atoms with Gasteiger partial charge in [0.25, 0.3) is 0 Å². The van der Waals surface area contributed by atoms with Gasteiger partial charge < -0.3 is 0 Å². The fraction of sp³-hybridized carbons (Fsp3) is 0.263. The number of hydrogen-bond acceptors (Lipinski definition) is 4. The molecule has 1 atom stereocenters. The van der Waals surface area contributed by atoms with Crippen molar-refractivity contribution in [1.82, 2.24) is 19.7 Å². The summed E-state index contributed by atoms with van der Waals surface area (Å²) in [7, 11) is 4.08. The van der Waals surface area contributed by atoms with Crippen molar-refractivity contribution in [1.29, 1.82) is 0 Å². The van der Waals surface area contributed by atoms with Gasteiger partial charge in [0.1, 0.15) is 0 Å². The lowest BCUT2D eigenvalue weighted by molar-refractivity contribution is 0.305. The van der Waals surface area contributed by atoms with Crippen LogP contribution < -0.4 is 0 Å². The van der Waals surface area contributed by atoms with Crippen LogP contribution in [0, 0.1) is 0 Å². The van der Waals surface area contributed by atoms with Crippen molar-refractivity contribution in [2.24, 2.45) is 0 Å². The minimum absolute atomic E-state index is 0.137. The maximum atomic E-state index is 6.06. The van der Waals surface area contributed by atoms with Crippen LogP contribution in [-0.4, -0.2) is 33.8 Å². The van der Waals surface area contributed by atoms with Crippen LogP contribution in [0.2, 0.25) is 5.02 Å². The molecule has 1 heterocycles. The Bertz CT molecular complexity index is 880. The second-order valence-corrected chi connectivity index (χ2v) is 8.51. The van der Waals surface area contributed by atoms with E-state index in [4.69, 9.17) is 11.6 Å². The molecule has 0 radical (unpaired) electrons. The van der Waals surface area contributed by atoms with Crippen molar-refractivity contribution in [3.63, 3.8) is 0 Å². The predicted molar refractivity (Wildman–Crippen MR) is 112 cm³/mol. The first-order valence-electron chi connectivity index (χ1n) is 8.20. The molecule has 0 bridgehead atoms. The normalized spacial score (nSPS) is 12.5. The van der Waals surface area contributed by atoms with Gasteiger partial charge in [0, 0.05) is 20.9 Å². The highest BCUT2D eigenvalue weighted by Crippen LogP contribution is 2.29. The van der Waals surface area contributed by atoms with Crippen molar-refractivity contribution in [3.8, 4) is 5.69 Å². The lowest BCUT2D eigenvalue weighted by Gasteiger charge is -2.20. The van der Waals surface area contributed by atoms with E-state index in [9.17, 15) is 0 Å². The highest BCUT2D eigenvalue weighted by molar-refractivity contribution is 9.10. The molecule has 2 aromatic carbocycles. The second kappa shape index (κ2) is 8.57. The third-order valence-corrected chi connectivity index (χ3v) is 5.89. The van der Waals surface area contributed by atoms with Crippen LogP contribution in [0.1, 0.15) is 24.4 Å². The summed E-state index contributed by atoms with van der Waals surface area (Å²) in [6, 6.07) is 16.2. The maximum Gasteiger partial charge on any atom is 0.196 e. The van der Waals surface area contributed by atoms with Crippen LogP contribution in [0.3, 0.4) is 0 Å². The van der Waals surface area contributed by atoms with Gasteiger partial charge in [-0.15, -0.1) is 10.2 Å². The zero-order valence-corrected chi connectivity index (χ0v) is 18.0. The van der Waals surface area contributed by atoms with Crippen LogP contribution in [0.15, 0.2) is 58.2 Å². The lowest BCUT2D eigenvalue weighted by atomic mass is 10.2. The SMILES string of the molecule is CC(c1nnc(SCc2cccc(Br)c2)n1-c1ccc(Cl)cc1)N(C)C. The molecular formula is C19H20BrClN4S. The predicted octanol–water partition coefficient (Wildman–Crippen LogP) is 5.60. The smallest absolute Gasteiger partial charge is 0.196 e. The second-order valence-electron chi connectivity index (χ2n) is 6.21. The van der Waals surface area contributed by atoms with Crippen LogP contribution in [0.4, 0.5) is 0 Å². The zero-order chi connectivity index (χ0) is 18.7. The molecule has 0 spiro atoms. The Morgan fingerprint density at radius 2 is 1.88 bits per heavy atom. The molecule has 26 heavy (non-hydrogen) atoms. The molecule has 0 aliphatic heterocycles. The van der Waals surface area contributed by atoms with Crippen molar-refractivity contribution in [2.45, 2.75) is 23.9 Å². The summed E-state index contributed by atoms with van der Waals surface area (Å²) in [5, 5.41) is 10.5. The fourth-order valence-electron chi connectivity index (χ4n) is 2.48. The van der Waals surface area contributed by atoms with Gasteiger partial charge >= 0.3 is 0 Å². The van der Waals surface area contributed by atoms with Crippen molar-refractivity contribution >= 4 is 39.3 Å². The first-order valence-corrected chi connectivity index (χ1v) is 10.4. The molecule has 0 saturated carbocycles. The van der Waals surface area contributed by atoms with E-state index in [2.05, 4.69) is 54.7 Å². The van der Waals surface area contributed by atoms with E-state index in [1.807, 2.05) is 50.5 Å². The quantitative estimate of drug-likeness (QED) is 0.457. The molecular weight excluding hydrogens is 432 g/mol. The minimum atomic E-state index is 0.137. The minimum Gasteiger partial charge on any atom is -0.300 e. The van der Waals surface area contributed by atoms with Gasteiger partial charge in [-0.05, 0) is 63.0 Å². The first kappa shape index (κ1) is 19.4. The Morgan fingerprint density at radius 3 is 2.54 bits per heavy atom. The molecule has 7 heteroatoms. The molecule has 0 saturated heterocycles. The summed E-state index contributed by atoms with van der Waals surface area (Å²) in [6.45, 7) is 2.12. The average molecular weight is 452 g/mol. The van der Waals surface area contributed by atoms with E-state index in [1.54, 1.807) is 11.8 Å². The molecule has 136 valence electrons. The summed E-state index contributed by atoms with van der Waals surface area (Å²) < 4.78 is 3.19. The molecule has 3 rings (SSSR count). The Labute approximate surface area is 171 Å². The third-order valence-electron chi connectivity index (χ3n) is 4.15. The van der Waals surface area contributed by atoms with Crippen LogP contribution in [-0.2, 0) is 5.75 Å². The third kappa shape index (κ3) is 4.49. The Hall–Kier alpha value is -1.34. The van der Waals surface area contributed by atoms with Gasteiger partial charge in [0.2, 0.25) is 0 Å². The van der Waals surface area contributed by atoms with Crippen LogP contribution >= 0.6 is 39.3 Å². The Balaban J connectivity index is 1.95. The van der Waals surface area contributed by atoms with Crippen molar-refractivity contribution in [3.05, 3.63) is 69.4 Å². The van der Waals surface area contributed by atoms with Crippen molar-refractivity contribution < 1.29 is 0 Å². The highest BCUT2D eigenvalue weighted by atomic mass is 79.9. The Kier molecular flexibility index (Phi) is 6.40. The molecule has 3 aromatic rings. The average Bonchev–Trinajstić information content (AvgIpc) is 3.03. The summed E-state index contributed by atoms with van der Waals surface area (Å²) in [6.07, 6.45) is 0. The number of rotatable bonds is 6. The van der Waals surface area contributed by atoms with E-state index in [0.717, 1.165) is 26.9 Å². The molecule has 1 aromatic heterocycles. The molecule has 4 nitrogen and oxygen atoms in total. The van der Waals surface area contributed by atoms with E-state index < -0.39 is 0 Å². The van der Waals surface area contributed by atoms with Crippen LogP contribution in [0.25, 0.3) is 5.69 Å². The monoisotopic (exact) mass is 450 g/mol. The number of hydrogen-bond donors (Lipinski definition) is 0. The summed E-state index contributed by atoms with van der Waals surface area (Å²) in [5.74, 6) is 1.73. The highest BCUT2D eigenvalue weighted by Gasteiger charge is 2.21. The molecule has 0 fully saturated rings. The molecule has 0 amide bonds. The molecule has 0 aliphatic carbocycles. The van der Waals surface area contributed by atoms with E-state index in [0.29, 0.717) is 5.02 Å². The Morgan fingerprint density at radius 1 is 1.15 bits per heavy atom. The molecule has 0 aliphatic rings. The van der Waals surface area contributed by atoms with Crippen LogP contribution in [0.5, 0.6) is 0 Å². The van der Waals surface area contributed by atoms with Gasteiger partial charge in [-0.2, -0.15) is 0 Å². The number of benzene rings is 2. The summed E-state index contributed by atoms with van der Waals surface area (Å²) in [5.41, 5.74) is 2.25. The first-order chi connectivity index (χ1) is 12.5. The van der Waals surface area contributed by atoms with Gasteiger partial charge in [0.05, 0.1) is 6.04 Å². The number of nitrogens with zero attached hydrogens (tertiary/aromatic N) is 4.